The molecule has 0 aromatic carbocycles. The van der Waals surface area contributed by atoms with Crippen LogP contribution >= 0.6 is 15.9 Å². The SMILES string of the molecule is CC(=O)[Si](CCBr)(C(C)=O)C(C)=O. The van der Waals surface area contributed by atoms with Gasteiger partial charge in [-0.2, -0.15) is 0 Å². The fourth-order valence-corrected chi connectivity index (χ4v) is 6.02. The largest absolute Gasteiger partial charge is 0.305 e. The molecule has 0 atom stereocenters. The van der Waals surface area contributed by atoms with Crippen molar-refractivity contribution in [2.45, 2.75) is 26.8 Å². The minimum absolute atomic E-state index is 0.230. The highest BCUT2D eigenvalue weighted by Gasteiger charge is 2.48. The van der Waals surface area contributed by atoms with Gasteiger partial charge in [0.25, 0.3) is 8.07 Å². The summed E-state index contributed by atoms with van der Waals surface area (Å²) in [5.41, 5.74) is 0. The van der Waals surface area contributed by atoms with E-state index in [-0.39, 0.29) is 16.2 Å². The van der Waals surface area contributed by atoms with Crippen LogP contribution in [0.4, 0.5) is 0 Å². The Labute approximate surface area is 87.0 Å². The lowest BCUT2D eigenvalue weighted by molar-refractivity contribution is -0.117. The van der Waals surface area contributed by atoms with E-state index in [1.54, 1.807) is 0 Å². The van der Waals surface area contributed by atoms with Crippen LogP contribution in [0.2, 0.25) is 6.04 Å². The van der Waals surface area contributed by atoms with E-state index in [2.05, 4.69) is 15.9 Å². The lowest BCUT2D eigenvalue weighted by atomic mass is 10.8. The maximum Gasteiger partial charge on any atom is 0.279 e. The molecular formula is C8H13BrO3Si. The maximum atomic E-state index is 11.3. The molecule has 5 heteroatoms. The van der Waals surface area contributed by atoms with Crippen molar-refractivity contribution in [1.82, 2.24) is 0 Å². The van der Waals surface area contributed by atoms with E-state index < -0.39 is 8.07 Å². The first-order valence-corrected chi connectivity index (χ1v) is 7.31. The normalized spacial score (nSPS) is 11.1. The van der Waals surface area contributed by atoms with Gasteiger partial charge in [-0.25, -0.2) is 0 Å². The predicted molar refractivity (Wildman–Crippen MR) is 56.4 cm³/mol. The zero-order chi connectivity index (χ0) is 10.6. The fourth-order valence-electron chi connectivity index (χ4n) is 1.41. The van der Waals surface area contributed by atoms with Crippen molar-refractivity contribution < 1.29 is 14.4 Å². The van der Waals surface area contributed by atoms with Gasteiger partial charge in [0.2, 0.25) is 0 Å². The van der Waals surface area contributed by atoms with E-state index in [4.69, 9.17) is 0 Å². The van der Waals surface area contributed by atoms with Crippen molar-refractivity contribution in [2.75, 3.05) is 5.33 Å². The third-order valence-electron chi connectivity index (χ3n) is 2.27. The van der Waals surface area contributed by atoms with E-state index in [0.717, 1.165) is 0 Å². The molecule has 0 heterocycles. The molecule has 0 aliphatic rings. The molecule has 0 spiro atoms. The van der Waals surface area contributed by atoms with Crippen molar-refractivity contribution in [1.29, 1.82) is 0 Å². The van der Waals surface area contributed by atoms with Crippen LogP contribution in [0.25, 0.3) is 0 Å². The molecule has 0 rings (SSSR count). The number of carbonyl (C=O) groups is 3. The molecule has 0 unspecified atom stereocenters. The smallest absolute Gasteiger partial charge is 0.279 e. The van der Waals surface area contributed by atoms with Crippen molar-refractivity contribution in [2.24, 2.45) is 0 Å². The first kappa shape index (κ1) is 12.7. The Hall–Kier alpha value is -0.293. The highest BCUT2D eigenvalue weighted by atomic mass is 79.9. The standard InChI is InChI=1S/C8H13BrO3Si/c1-6(10)13(5-4-9,7(2)11)8(3)12/h4-5H2,1-3H3. The van der Waals surface area contributed by atoms with E-state index in [1.165, 1.54) is 20.8 Å². The van der Waals surface area contributed by atoms with Gasteiger partial charge < -0.3 is 14.4 Å². The topological polar surface area (TPSA) is 51.2 Å². The molecule has 13 heavy (non-hydrogen) atoms. The molecule has 0 amide bonds. The Kier molecular flexibility index (Phi) is 4.70. The molecule has 74 valence electrons. The van der Waals surface area contributed by atoms with Crippen LogP contribution in [-0.2, 0) is 14.4 Å². The molecule has 0 radical (unpaired) electrons. The molecule has 0 saturated carbocycles. The highest BCUT2D eigenvalue weighted by molar-refractivity contribution is 9.09. The molecule has 3 nitrogen and oxygen atoms in total. The van der Waals surface area contributed by atoms with Crippen LogP contribution in [0.15, 0.2) is 0 Å². The minimum atomic E-state index is -2.99. The molecule has 0 bridgehead atoms. The number of halogens is 1. The summed E-state index contributed by atoms with van der Waals surface area (Å²) in [5.74, 6) is 0. The summed E-state index contributed by atoms with van der Waals surface area (Å²) in [5, 5.41) is -0.163. The van der Waals surface area contributed by atoms with Gasteiger partial charge in [-0.3, -0.25) is 0 Å². The summed E-state index contributed by atoms with van der Waals surface area (Å²) in [6.45, 7) is 4.03. The number of hydrogen-bond donors (Lipinski definition) is 0. The zero-order valence-corrected chi connectivity index (χ0v) is 10.6. The molecule has 0 aliphatic carbocycles. The second-order valence-electron chi connectivity index (χ2n) is 3.01. The van der Waals surface area contributed by atoms with E-state index in [1.807, 2.05) is 0 Å². The van der Waals surface area contributed by atoms with Gasteiger partial charge in [0.1, 0.15) is 16.2 Å². The van der Waals surface area contributed by atoms with Crippen LogP contribution in [0.3, 0.4) is 0 Å². The Morgan fingerprint density at radius 1 is 1.00 bits per heavy atom. The highest BCUT2D eigenvalue weighted by Crippen LogP contribution is 2.15. The van der Waals surface area contributed by atoms with Gasteiger partial charge in [0.05, 0.1) is 0 Å². The quantitative estimate of drug-likeness (QED) is 0.554. The summed E-state index contributed by atoms with van der Waals surface area (Å²) in [7, 11) is -2.99. The Morgan fingerprint density at radius 3 is 1.38 bits per heavy atom. The predicted octanol–water partition coefficient (Wildman–Crippen LogP) is 1.21. The Bertz CT molecular complexity index is 214. The molecule has 0 saturated heterocycles. The molecular weight excluding hydrogens is 252 g/mol. The molecule has 0 N–H and O–H groups in total. The number of rotatable bonds is 5. The van der Waals surface area contributed by atoms with Crippen LogP contribution in [0.5, 0.6) is 0 Å². The van der Waals surface area contributed by atoms with E-state index >= 15 is 0 Å². The number of alkyl halides is 1. The van der Waals surface area contributed by atoms with Crippen molar-refractivity contribution in [3.05, 3.63) is 0 Å². The van der Waals surface area contributed by atoms with Gasteiger partial charge in [-0.15, -0.1) is 0 Å². The second-order valence-corrected chi connectivity index (χ2v) is 8.23. The fraction of sp³-hybridized carbons (Fsp3) is 0.625. The van der Waals surface area contributed by atoms with Crippen molar-refractivity contribution in [3.63, 3.8) is 0 Å². The van der Waals surface area contributed by atoms with Gasteiger partial charge in [-0.1, -0.05) is 15.9 Å². The van der Waals surface area contributed by atoms with Crippen LogP contribution in [0, 0.1) is 0 Å². The summed E-state index contributed by atoms with van der Waals surface area (Å²) < 4.78 is 0. The first-order chi connectivity index (χ1) is 5.89. The van der Waals surface area contributed by atoms with Gasteiger partial charge >= 0.3 is 0 Å². The summed E-state index contributed by atoms with van der Waals surface area (Å²) in [6, 6.07) is 0.382. The van der Waals surface area contributed by atoms with Crippen LogP contribution < -0.4 is 0 Å². The van der Waals surface area contributed by atoms with E-state index in [9.17, 15) is 14.4 Å². The summed E-state index contributed by atoms with van der Waals surface area (Å²) in [6.07, 6.45) is 0. The minimum Gasteiger partial charge on any atom is -0.305 e. The lowest BCUT2D eigenvalue weighted by Crippen LogP contribution is -2.57. The van der Waals surface area contributed by atoms with Crippen LogP contribution in [0.1, 0.15) is 20.8 Å². The van der Waals surface area contributed by atoms with Gasteiger partial charge in [0.15, 0.2) is 0 Å². The van der Waals surface area contributed by atoms with Gasteiger partial charge in [-0.05, 0) is 26.8 Å². The maximum absolute atomic E-state index is 11.3. The third-order valence-corrected chi connectivity index (χ3v) is 8.01. The van der Waals surface area contributed by atoms with Crippen molar-refractivity contribution >= 4 is 40.2 Å². The number of carbonyl (C=O) groups excluding carboxylic acids is 3. The Morgan fingerprint density at radius 2 is 1.31 bits per heavy atom. The zero-order valence-electron chi connectivity index (χ0n) is 8.02. The number of hydrogen-bond acceptors (Lipinski definition) is 3. The van der Waals surface area contributed by atoms with Gasteiger partial charge in [0, 0.05) is 5.33 Å². The monoisotopic (exact) mass is 264 g/mol. The molecule has 0 aromatic rings. The second kappa shape index (κ2) is 4.81. The average Bonchev–Trinajstić information content (AvgIpc) is 1.97. The van der Waals surface area contributed by atoms with Crippen LogP contribution in [-0.4, -0.2) is 29.6 Å². The van der Waals surface area contributed by atoms with E-state index in [0.29, 0.717) is 11.4 Å². The van der Waals surface area contributed by atoms with Crippen molar-refractivity contribution in [3.8, 4) is 0 Å². The molecule has 0 aromatic heterocycles. The molecule has 0 aliphatic heterocycles. The summed E-state index contributed by atoms with van der Waals surface area (Å²) >= 11 is 3.17. The third kappa shape index (κ3) is 2.34. The first-order valence-electron chi connectivity index (χ1n) is 3.98. The average molecular weight is 265 g/mol. The lowest BCUT2D eigenvalue weighted by Gasteiger charge is -2.20. The summed E-state index contributed by atoms with van der Waals surface area (Å²) in [4.78, 5) is 34.0. The molecule has 0 fully saturated rings. The Balaban J connectivity index is 5.18.